The minimum Gasteiger partial charge on any atom is -0.302 e. The molecule has 17 heavy (non-hydrogen) atoms. The van der Waals surface area contributed by atoms with Crippen molar-refractivity contribution in [1.82, 2.24) is 4.90 Å². The number of hydrogen-bond acceptors (Lipinski definition) is 2. The average molecular weight is 316 g/mol. The standard InChI is InChI=1S/C14H22BrNS/c1-12(7-9-17)6-8-16(2)11-13-4-3-5-14(15)10-13/h3-5,10,12,17H,6-9,11H2,1-2H3. The smallest absolute Gasteiger partial charge is 0.0231 e. The monoisotopic (exact) mass is 315 g/mol. The van der Waals surface area contributed by atoms with E-state index in [1.165, 1.54) is 18.4 Å². The van der Waals surface area contributed by atoms with Gasteiger partial charge in [-0.05, 0) is 55.8 Å². The topological polar surface area (TPSA) is 3.24 Å². The Hall–Kier alpha value is 0.01000. The molecule has 0 fully saturated rings. The molecular formula is C14H22BrNS. The summed E-state index contributed by atoms with van der Waals surface area (Å²) in [6.45, 7) is 4.48. The molecule has 1 aromatic carbocycles. The minimum atomic E-state index is 0.775. The van der Waals surface area contributed by atoms with Crippen LogP contribution >= 0.6 is 28.6 Å². The molecule has 3 heteroatoms. The summed E-state index contributed by atoms with van der Waals surface area (Å²) in [7, 11) is 2.19. The number of rotatable bonds is 7. The number of nitrogens with zero attached hydrogens (tertiary/aromatic N) is 1. The predicted molar refractivity (Wildman–Crippen MR) is 82.7 cm³/mol. The summed E-state index contributed by atoms with van der Waals surface area (Å²) in [6.07, 6.45) is 2.47. The third kappa shape index (κ3) is 6.49. The molecule has 1 aromatic rings. The van der Waals surface area contributed by atoms with Gasteiger partial charge in [-0.25, -0.2) is 0 Å². The van der Waals surface area contributed by atoms with E-state index >= 15 is 0 Å². The van der Waals surface area contributed by atoms with Crippen molar-refractivity contribution in [3.8, 4) is 0 Å². The molecule has 1 nitrogen and oxygen atoms in total. The fourth-order valence-corrected chi connectivity index (χ4v) is 2.72. The first-order chi connectivity index (χ1) is 8.11. The van der Waals surface area contributed by atoms with E-state index in [0.717, 1.165) is 29.2 Å². The van der Waals surface area contributed by atoms with Crippen LogP contribution in [0.25, 0.3) is 0 Å². The van der Waals surface area contributed by atoms with Gasteiger partial charge >= 0.3 is 0 Å². The van der Waals surface area contributed by atoms with Crippen molar-refractivity contribution in [1.29, 1.82) is 0 Å². The Bertz CT molecular complexity index is 330. The van der Waals surface area contributed by atoms with E-state index in [0.29, 0.717) is 0 Å². The van der Waals surface area contributed by atoms with Crippen molar-refractivity contribution in [2.24, 2.45) is 5.92 Å². The van der Waals surface area contributed by atoms with Crippen LogP contribution in [-0.4, -0.2) is 24.2 Å². The molecule has 0 heterocycles. The molecule has 1 atom stereocenters. The van der Waals surface area contributed by atoms with Gasteiger partial charge in [-0.15, -0.1) is 0 Å². The van der Waals surface area contributed by atoms with Gasteiger partial charge in [-0.1, -0.05) is 35.0 Å². The molecule has 0 saturated heterocycles. The van der Waals surface area contributed by atoms with Crippen LogP contribution in [0, 0.1) is 5.92 Å². The predicted octanol–water partition coefficient (Wildman–Crippen LogP) is 4.23. The van der Waals surface area contributed by atoms with E-state index < -0.39 is 0 Å². The van der Waals surface area contributed by atoms with Gasteiger partial charge in [-0.3, -0.25) is 0 Å². The van der Waals surface area contributed by atoms with E-state index in [1.807, 2.05) is 0 Å². The van der Waals surface area contributed by atoms with Crippen molar-refractivity contribution in [3.05, 3.63) is 34.3 Å². The van der Waals surface area contributed by atoms with E-state index in [1.54, 1.807) is 0 Å². The van der Waals surface area contributed by atoms with Gasteiger partial charge in [-0.2, -0.15) is 12.6 Å². The van der Waals surface area contributed by atoms with Gasteiger partial charge in [0.1, 0.15) is 0 Å². The zero-order valence-electron chi connectivity index (χ0n) is 10.7. The summed E-state index contributed by atoms with van der Waals surface area (Å²) in [5.74, 6) is 1.77. The molecule has 0 aromatic heterocycles. The Labute approximate surface area is 119 Å². The van der Waals surface area contributed by atoms with Gasteiger partial charge in [0.05, 0.1) is 0 Å². The molecule has 1 unspecified atom stereocenters. The van der Waals surface area contributed by atoms with E-state index in [-0.39, 0.29) is 0 Å². The maximum Gasteiger partial charge on any atom is 0.0231 e. The molecule has 0 aliphatic rings. The lowest BCUT2D eigenvalue weighted by molar-refractivity contribution is 0.297. The number of thiol groups is 1. The lowest BCUT2D eigenvalue weighted by Crippen LogP contribution is -2.20. The maximum absolute atomic E-state index is 4.28. The second-order valence-electron chi connectivity index (χ2n) is 4.77. The number of halogens is 1. The summed E-state index contributed by atoms with van der Waals surface area (Å²) in [4.78, 5) is 2.39. The van der Waals surface area contributed by atoms with Crippen LogP contribution in [0.4, 0.5) is 0 Å². The van der Waals surface area contributed by atoms with E-state index in [9.17, 15) is 0 Å². The fraction of sp³-hybridized carbons (Fsp3) is 0.571. The minimum absolute atomic E-state index is 0.775. The van der Waals surface area contributed by atoms with Crippen LogP contribution in [0.2, 0.25) is 0 Å². The summed E-state index contributed by atoms with van der Waals surface area (Å²) in [6, 6.07) is 8.53. The molecule has 0 radical (unpaired) electrons. The van der Waals surface area contributed by atoms with Gasteiger partial charge in [0.15, 0.2) is 0 Å². The van der Waals surface area contributed by atoms with Crippen molar-refractivity contribution in [2.45, 2.75) is 26.3 Å². The molecule has 0 bridgehead atoms. The highest BCUT2D eigenvalue weighted by Gasteiger charge is 2.05. The average Bonchev–Trinajstić information content (AvgIpc) is 2.27. The Kier molecular flexibility index (Phi) is 7.24. The highest BCUT2D eigenvalue weighted by Crippen LogP contribution is 2.14. The molecule has 0 spiro atoms. The molecule has 0 aliphatic carbocycles. The molecule has 0 aliphatic heterocycles. The van der Waals surface area contributed by atoms with Crippen LogP contribution in [0.5, 0.6) is 0 Å². The zero-order chi connectivity index (χ0) is 12.7. The van der Waals surface area contributed by atoms with E-state index in [2.05, 4.69) is 71.7 Å². The Morgan fingerprint density at radius 2 is 2.12 bits per heavy atom. The summed E-state index contributed by atoms with van der Waals surface area (Å²) >= 11 is 7.78. The molecule has 0 amide bonds. The highest BCUT2D eigenvalue weighted by atomic mass is 79.9. The summed E-state index contributed by atoms with van der Waals surface area (Å²) < 4.78 is 1.16. The van der Waals surface area contributed by atoms with Crippen LogP contribution in [0.3, 0.4) is 0 Å². The van der Waals surface area contributed by atoms with Gasteiger partial charge in [0.2, 0.25) is 0 Å². The molecule has 1 rings (SSSR count). The number of benzene rings is 1. The second-order valence-corrected chi connectivity index (χ2v) is 6.14. The van der Waals surface area contributed by atoms with Gasteiger partial charge in [0.25, 0.3) is 0 Å². The third-order valence-electron chi connectivity index (χ3n) is 2.97. The Morgan fingerprint density at radius 1 is 1.35 bits per heavy atom. The number of hydrogen-bond donors (Lipinski definition) is 1. The highest BCUT2D eigenvalue weighted by molar-refractivity contribution is 9.10. The summed E-state index contributed by atoms with van der Waals surface area (Å²) in [5.41, 5.74) is 1.36. The quantitative estimate of drug-likeness (QED) is 0.737. The van der Waals surface area contributed by atoms with Crippen molar-refractivity contribution < 1.29 is 0 Å². The maximum atomic E-state index is 4.28. The van der Waals surface area contributed by atoms with Crippen molar-refractivity contribution >= 4 is 28.6 Å². The first kappa shape index (κ1) is 15.1. The normalized spacial score (nSPS) is 13.0. The first-order valence-electron chi connectivity index (χ1n) is 6.15. The largest absolute Gasteiger partial charge is 0.302 e. The first-order valence-corrected chi connectivity index (χ1v) is 7.58. The Balaban J connectivity index is 2.32. The molecule has 96 valence electrons. The van der Waals surface area contributed by atoms with Gasteiger partial charge < -0.3 is 4.90 Å². The lowest BCUT2D eigenvalue weighted by Gasteiger charge is -2.19. The van der Waals surface area contributed by atoms with Crippen molar-refractivity contribution in [2.75, 3.05) is 19.3 Å². The Morgan fingerprint density at radius 3 is 2.76 bits per heavy atom. The van der Waals surface area contributed by atoms with Crippen LogP contribution in [0.1, 0.15) is 25.3 Å². The molecule has 0 saturated carbocycles. The van der Waals surface area contributed by atoms with Crippen molar-refractivity contribution in [3.63, 3.8) is 0 Å². The molecule has 0 N–H and O–H groups in total. The lowest BCUT2D eigenvalue weighted by atomic mass is 10.0. The van der Waals surface area contributed by atoms with Gasteiger partial charge in [0, 0.05) is 11.0 Å². The third-order valence-corrected chi connectivity index (χ3v) is 3.72. The van der Waals surface area contributed by atoms with E-state index in [4.69, 9.17) is 0 Å². The second kappa shape index (κ2) is 8.17. The molecular weight excluding hydrogens is 294 g/mol. The van der Waals surface area contributed by atoms with Crippen LogP contribution in [0.15, 0.2) is 28.7 Å². The van der Waals surface area contributed by atoms with Crippen LogP contribution in [-0.2, 0) is 6.54 Å². The van der Waals surface area contributed by atoms with Crippen LogP contribution < -0.4 is 0 Å². The summed E-state index contributed by atoms with van der Waals surface area (Å²) in [5, 5.41) is 0. The SMILES string of the molecule is CC(CCS)CCN(C)Cc1cccc(Br)c1. The zero-order valence-corrected chi connectivity index (χ0v) is 13.2. The fourth-order valence-electron chi connectivity index (χ4n) is 1.83.